The average molecular weight is 402 g/mol. The number of amides is 2. The molecule has 3 atom stereocenters. The van der Waals surface area contributed by atoms with Crippen LogP contribution in [0.4, 0.5) is 5.69 Å². The highest BCUT2D eigenvalue weighted by molar-refractivity contribution is 5.99. The molecule has 29 heavy (non-hydrogen) atoms. The third kappa shape index (κ3) is 5.35. The van der Waals surface area contributed by atoms with Crippen LogP contribution >= 0.6 is 0 Å². The summed E-state index contributed by atoms with van der Waals surface area (Å²) >= 11 is 0. The zero-order valence-corrected chi connectivity index (χ0v) is 17.4. The van der Waals surface area contributed by atoms with Crippen LogP contribution < -0.4 is 15.5 Å². The van der Waals surface area contributed by atoms with E-state index < -0.39 is 12.1 Å². The van der Waals surface area contributed by atoms with E-state index in [9.17, 15) is 14.4 Å². The molecule has 2 heterocycles. The van der Waals surface area contributed by atoms with E-state index in [2.05, 4.69) is 15.5 Å². The minimum atomic E-state index is -0.707. The molecule has 7 nitrogen and oxygen atoms in total. The Hall–Kier alpha value is -2.41. The summed E-state index contributed by atoms with van der Waals surface area (Å²) in [6.07, 6.45) is 2.52. The summed E-state index contributed by atoms with van der Waals surface area (Å²) in [6, 6.07) is 6.13. The standard InChI is InChI=1S/C22H31N3O4/c1-14(2)12-18(22(28)24-20-15(3)29-13-19(20)26)23-21(27)16-6-8-17(9-7-16)25-10-4-5-11-25/h6-9,14-15,18,20H,4-5,10-13H2,1-3H3,(H,23,27)(H,24,28). The van der Waals surface area contributed by atoms with Crippen molar-refractivity contribution in [1.29, 1.82) is 0 Å². The first-order valence-electron chi connectivity index (χ1n) is 10.5. The topological polar surface area (TPSA) is 87.7 Å². The Labute approximate surface area is 172 Å². The number of carbonyl (C=O) groups is 3. The van der Waals surface area contributed by atoms with Crippen LogP contribution in [0.3, 0.4) is 0 Å². The Bertz CT molecular complexity index is 741. The number of rotatable bonds is 7. The molecule has 0 saturated carbocycles. The van der Waals surface area contributed by atoms with Crippen LogP contribution in [0.15, 0.2) is 24.3 Å². The molecule has 0 bridgehead atoms. The molecule has 2 saturated heterocycles. The molecule has 1 aromatic carbocycles. The van der Waals surface area contributed by atoms with Gasteiger partial charge in [0.05, 0.1) is 6.10 Å². The second kappa shape index (κ2) is 9.39. The Kier molecular flexibility index (Phi) is 6.90. The highest BCUT2D eigenvalue weighted by atomic mass is 16.5. The van der Waals surface area contributed by atoms with Gasteiger partial charge in [-0.3, -0.25) is 14.4 Å². The number of hydrogen-bond donors (Lipinski definition) is 2. The Balaban J connectivity index is 1.64. The molecule has 2 N–H and O–H groups in total. The van der Waals surface area contributed by atoms with Gasteiger partial charge in [0, 0.05) is 24.3 Å². The van der Waals surface area contributed by atoms with Gasteiger partial charge in [-0.15, -0.1) is 0 Å². The minimum Gasteiger partial charge on any atom is -0.372 e. The van der Waals surface area contributed by atoms with E-state index in [1.54, 1.807) is 19.1 Å². The second-order valence-corrected chi connectivity index (χ2v) is 8.37. The van der Waals surface area contributed by atoms with E-state index in [4.69, 9.17) is 4.74 Å². The Morgan fingerprint density at radius 1 is 1.17 bits per heavy atom. The number of Topliss-reactive ketones (excluding diaryl/α,β-unsaturated/α-hetero) is 1. The second-order valence-electron chi connectivity index (χ2n) is 8.37. The summed E-state index contributed by atoms with van der Waals surface area (Å²) in [4.78, 5) is 39.7. The number of nitrogens with one attached hydrogen (secondary N) is 2. The zero-order valence-electron chi connectivity index (χ0n) is 17.4. The van der Waals surface area contributed by atoms with Gasteiger partial charge >= 0.3 is 0 Å². The first kappa shape index (κ1) is 21.3. The smallest absolute Gasteiger partial charge is 0.251 e. The number of carbonyl (C=O) groups excluding carboxylic acids is 3. The summed E-state index contributed by atoms with van der Waals surface area (Å²) in [5.41, 5.74) is 1.63. The van der Waals surface area contributed by atoms with Crippen molar-refractivity contribution in [3.63, 3.8) is 0 Å². The van der Waals surface area contributed by atoms with Crippen LogP contribution in [0.2, 0.25) is 0 Å². The maximum Gasteiger partial charge on any atom is 0.251 e. The maximum atomic E-state index is 12.8. The third-order valence-corrected chi connectivity index (χ3v) is 5.53. The van der Waals surface area contributed by atoms with Crippen molar-refractivity contribution in [1.82, 2.24) is 10.6 Å². The monoisotopic (exact) mass is 401 g/mol. The fourth-order valence-corrected chi connectivity index (χ4v) is 3.86. The van der Waals surface area contributed by atoms with E-state index in [1.807, 2.05) is 26.0 Å². The molecule has 0 aromatic heterocycles. The van der Waals surface area contributed by atoms with Gasteiger partial charge in [-0.2, -0.15) is 0 Å². The minimum absolute atomic E-state index is 0.0106. The quantitative estimate of drug-likeness (QED) is 0.729. The summed E-state index contributed by atoms with van der Waals surface area (Å²) in [5, 5.41) is 5.59. The maximum absolute atomic E-state index is 12.8. The molecule has 0 aliphatic carbocycles. The lowest BCUT2D eigenvalue weighted by Crippen LogP contribution is -2.53. The SMILES string of the molecule is CC(C)CC(NC(=O)c1ccc(N2CCCC2)cc1)C(=O)NC1C(=O)COC1C. The molecule has 0 radical (unpaired) electrons. The molecule has 2 aliphatic rings. The van der Waals surface area contributed by atoms with Crippen molar-refractivity contribution in [2.45, 2.75) is 58.2 Å². The van der Waals surface area contributed by atoms with Crippen molar-refractivity contribution in [2.75, 3.05) is 24.6 Å². The van der Waals surface area contributed by atoms with Gasteiger partial charge in [0.25, 0.3) is 5.91 Å². The number of benzene rings is 1. The lowest BCUT2D eigenvalue weighted by atomic mass is 10.0. The molecule has 1 aromatic rings. The molecule has 2 amide bonds. The zero-order chi connectivity index (χ0) is 21.0. The average Bonchev–Trinajstić information content (AvgIpc) is 3.33. The van der Waals surface area contributed by atoms with Gasteiger partial charge in [0.2, 0.25) is 5.91 Å². The predicted octanol–water partition coefficient (Wildman–Crippen LogP) is 1.90. The van der Waals surface area contributed by atoms with Gasteiger partial charge in [0.15, 0.2) is 5.78 Å². The largest absolute Gasteiger partial charge is 0.372 e. The van der Waals surface area contributed by atoms with Gasteiger partial charge in [-0.05, 0) is 56.4 Å². The highest BCUT2D eigenvalue weighted by Gasteiger charge is 2.35. The van der Waals surface area contributed by atoms with E-state index in [0.717, 1.165) is 18.8 Å². The van der Waals surface area contributed by atoms with Crippen LogP contribution in [-0.4, -0.2) is 55.5 Å². The summed E-state index contributed by atoms with van der Waals surface area (Å²) in [5.74, 6) is -0.577. The van der Waals surface area contributed by atoms with Crippen LogP contribution in [-0.2, 0) is 14.3 Å². The first-order valence-corrected chi connectivity index (χ1v) is 10.5. The molecule has 2 fully saturated rings. The number of nitrogens with zero attached hydrogens (tertiary/aromatic N) is 1. The van der Waals surface area contributed by atoms with Crippen LogP contribution in [0.25, 0.3) is 0 Å². The van der Waals surface area contributed by atoms with Gasteiger partial charge in [-0.25, -0.2) is 0 Å². The molecule has 3 rings (SSSR count). The van der Waals surface area contributed by atoms with Crippen molar-refractivity contribution < 1.29 is 19.1 Å². The number of hydrogen-bond acceptors (Lipinski definition) is 5. The van der Waals surface area contributed by atoms with Gasteiger partial charge in [0.1, 0.15) is 18.7 Å². The van der Waals surface area contributed by atoms with Crippen molar-refractivity contribution in [2.24, 2.45) is 5.92 Å². The molecule has 3 unspecified atom stereocenters. The fraction of sp³-hybridized carbons (Fsp3) is 0.591. The Morgan fingerprint density at radius 3 is 2.38 bits per heavy atom. The number of ether oxygens (including phenoxy) is 1. The number of anilines is 1. The van der Waals surface area contributed by atoms with Crippen LogP contribution in [0, 0.1) is 5.92 Å². The summed E-state index contributed by atoms with van der Waals surface area (Å²) in [6.45, 7) is 7.84. The third-order valence-electron chi connectivity index (χ3n) is 5.53. The lowest BCUT2D eigenvalue weighted by molar-refractivity contribution is -0.127. The predicted molar refractivity (Wildman–Crippen MR) is 111 cm³/mol. The normalized spacial score (nSPS) is 22.8. The first-order chi connectivity index (χ1) is 13.8. The van der Waals surface area contributed by atoms with Crippen LogP contribution in [0.1, 0.15) is 50.4 Å². The summed E-state index contributed by atoms with van der Waals surface area (Å²) in [7, 11) is 0. The molecule has 7 heteroatoms. The molecule has 2 aliphatic heterocycles. The van der Waals surface area contributed by atoms with E-state index in [-0.39, 0.29) is 36.2 Å². The summed E-state index contributed by atoms with van der Waals surface area (Å²) < 4.78 is 5.29. The van der Waals surface area contributed by atoms with Gasteiger partial charge < -0.3 is 20.3 Å². The molecular formula is C22H31N3O4. The van der Waals surface area contributed by atoms with E-state index in [0.29, 0.717) is 12.0 Å². The molecule has 0 spiro atoms. The fourth-order valence-electron chi connectivity index (χ4n) is 3.86. The number of ketones is 1. The van der Waals surface area contributed by atoms with Crippen molar-refractivity contribution >= 4 is 23.3 Å². The molecule has 158 valence electrons. The van der Waals surface area contributed by atoms with Crippen molar-refractivity contribution in [3.8, 4) is 0 Å². The van der Waals surface area contributed by atoms with Crippen LogP contribution in [0.5, 0.6) is 0 Å². The van der Waals surface area contributed by atoms with E-state index in [1.165, 1.54) is 12.8 Å². The lowest BCUT2D eigenvalue weighted by Gasteiger charge is -2.23. The molecular weight excluding hydrogens is 370 g/mol. The Morgan fingerprint density at radius 2 is 1.83 bits per heavy atom. The van der Waals surface area contributed by atoms with Crippen molar-refractivity contribution in [3.05, 3.63) is 29.8 Å². The van der Waals surface area contributed by atoms with Gasteiger partial charge in [-0.1, -0.05) is 13.8 Å². The highest BCUT2D eigenvalue weighted by Crippen LogP contribution is 2.20. The van der Waals surface area contributed by atoms with E-state index >= 15 is 0 Å².